The van der Waals surface area contributed by atoms with Crippen LogP contribution in [0.3, 0.4) is 0 Å². The van der Waals surface area contributed by atoms with Gasteiger partial charge in [0.25, 0.3) is 0 Å². The van der Waals surface area contributed by atoms with E-state index in [2.05, 4.69) is 13.2 Å². The normalized spacial score (nSPS) is 9.75. The van der Waals surface area contributed by atoms with Crippen molar-refractivity contribution in [3.8, 4) is 0 Å². The van der Waals surface area contributed by atoms with Gasteiger partial charge < -0.3 is 0 Å². The lowest BCUT2D eigenvalue weighted by atomic mass is 10.3. The van der Waals surface area contributed by atoms with Gasteiger partial charge in [-0.1, -0.05) is 37.0 Å². The number of allylic oxidation sites excluding steroid dienone is 4. The van der Waals surface area contributed by atoms with E-state index >= 15 is 0 Å². The minimum Gasteiger partial charge on any atom is -0.164 e. The van der Waals surface area contributed by atoms with Crippen molar-refractivity contribution in [3.63, 3.8) is 0 Å². The number of hydrogen-bond acceptors (Lipinski definition) is 1. The maximum absolute atomic E-state index is 5.28. The van der Waals surface area contributed by atoms with E-state index in [0.29, 0.717) is 0 Å². The van der Waals surface area contributed by atoms with Crippen LogP contribution in [0.25, 0.3) is 0 Å². The van der Waals surface area contributed by atoms with Crippen LogP contribution >= 0.6 is 23.4 Å². The molecule has 0 spiro atoms. The number of halogens is 1. The van der Waals surface area contributed by atoms with Gasteiger partial charge >= 0.3 is 0 Å². The predicted molar refractivity (Wildman–Crippen MR) is 63.3 cm³/mol. The number of alkyl halides is 1. The molecule has 12 heavy (non-hydrogen) atoms. The molecule has 0 rings (SSSR count). The molecule has 0 aromatic rings. The highest BCUT2D eigenvalue weighted by Gasteiger charge is 1.70. The molecule has 0 nitrogen and oxygen atoms in total. The van der Waals surface area contributed by atoms with E-state index in [1.54, 1.807) is 23.9 Å². The van der Waals surface area contributed by atoms with E-state index in [4.69, 9.17) is 11.6 Å². The molecule has 2 heteroatoms. The lowest BCUT2D eigenvalue weighted by Crippen LogP contribution is -1.71. The summed E-state index contributed by atoms with van der Waals surface area (Å²) in [7, 11) is 0. The minimum absolute atomic E-state index is 0.779. The predicted octanol–water partition coefficient (Wildman–Crippen LogP) is 3.89. The van der Waals surface area contributed by atoms with Crippen LogP contribution in [0.1, 0.15) is 6.92 Å². The molecule has 0 atom stereocenters. The smallest absolute Gasteiger partial charge is 0.0314 e. The van der Waals surface area contributed by atoms with Crippen LogP contribution in [-0.2, 0) is 0 Å². The van der Waals surface area contributed by atoms with Crippen LogP contribution in [0.2, 0.25) is 0 Å². The Labute approximate surface area is 85.4 Å². The summed E-state index contributed by atoms with van der Waals surface area (Å²) in [6.45, 7) is 9.07. The average Bonchev–Trinajstić information content (AvgIpc) is 2.07. The van der Waals surface area contributed by atoms with Gasteiger partial charge in [-0.15, -0.1) is 11.6 Å². The molecular weight excluding hydrogens is 188 g/mol. The third kappa shape index (κ3) is 16.4. The zero-order chi connectivity index (χ0) is 9.82. The molecule has 0 N–H and O–H groups in total. The first-order valence-electron chi connectivity index (χ1n) is 3.69. The molecule has 70 valence electrons. The molecular formula is C10H17ClS. The molecule has 0 heterocycles. The van der Waals surface area contributed by atoms with E-state index in [9.17, 15) is 0 Å². The van der Waals surface area contributed by atoms with Gasteiger partial charge in [0, 0.05) is 11.6 Å². The summed E-state index contributed by atoms with van der Waals surface area (Å²) < 4.78 is 0. The molecule has 0 aliphatic carbocycles. The Morgan fingerprint density at radius 1 is 1.50 bits per heavy atom. The minimum atomic E-state index is 0.779. The Hall–Kier alpha value is -0.140. The fourth-order valence-electron chi connectivity index (χ4n) is 0.331. The van der Waals surface area contributed by atoms with Crippen molar-refractivity contribution in [2.24, 2.45) is 0 Å². The number of rotatable bonds is 4. The van der Waals surface area contributed by atoms with E-state index in [0.717, 1.165) is 17.2 Å². The second-order valence-corrected chi connectivity index (χ2v) is 3.40. The van der Waals surface area contributed by atoms with Crippen molar-refractivity contribution in [1.82, 2.24) is 0 Å². The van der Waals surface area contributed by atoms with Gasteiger partial charge in [-0.2, -0.15) is 11.8 Å². The third-order valence-corrected chi connectivity index (χ3v) is 2.01. The highest BCUT2D eigenvalue weighted by Crippen LogP contribution is 1.90. The second kappa shape index (κ2) is 13.4. The molecule has 0 aromatic heterocycles. The van der Waals surface area contributed by atoms with Gasteiger partial charge in [0.15, 0.2) is 0 Å². The Kier molecular flexibility index (Phi) is 16.1. The molecule has 0 unspecified atom stereocenters. The first-order chi connectivity index (χ1) is 5.72. The lowest BCUT2D eigenvalue weighted by Gasteiger charge is -1.80. The topological polar surface area (TPSA) is 0 Å². The van der Waals surface area contributed by atoms with Crippen molar-refractivity contribution in [2.75, 3.05) is 17.9 Å². The first-order valence-corrected chi connectivity index (χ1v) is 5.62. The van der Waals surface area contributed by atoms with Crippen molar-refractivity contribution >= 4 is 23.4 Å². The quantitative estimate of drug-likeness (QED) is 0.495. The van der Waals surface area contributed by atoms with Crippen molar-refractivity contribution < 1.29 is 0 Å². The summed E-state index contributed by atoms with van der Waals surface area (Å²) in [6.07, 6.45) is 7.49. The molecule has 0 fully saturated rings. The molecule has 0 saturated carbocycles. The summed E-state index contributed by atoms with van der Waals surface area (Å²) in [5.74, 6) is 1.85. The Morgan fingerprint density at radius 3 is 2.17 bits per heavy atom. The third-order valence-electron chi connectivity index (χ3n) is 0.984. The summed E-state index contributed by atoms with van der Waals surface area (Å²) in [4.78, 5) is 0. The van der Waals surface area contributed by atoms with Crippen LogP contribution in [0.4, 0.5) is 0 Å². The fourth-order valence-corrected chi connectivity index (χ4v) is 0.948. The first kappa shape index (κ1) is 14.4. The van der Waals surface area contributed by atoms with Crippen LogP contribution < -0.4 is 0 Å². The summed E-state index contributed by atoms with van der Waals surface area (Å²) in [5.41, 5.74) is 1.15. The van der Waals surface area contributed by atoms with Crippen LogP contribution in [0, 0.1) is 0 Å². The highest BCUT2D eigenvalue weighted by atomic mass is 35.5. The maximum atomic E-state index is 5.28. The Morgan fingerprint density at radius 2 is 2.08 bits per heavy atom. The monoisotopic (exact) mass is 204 g/mol. The van der Waals surface area contributed by atoms with E-state index in [1.165, 1.54) is 0 Å². The molecule has 0 saturated heterocycles. The molecule has 0 bridgehead atoms. The second-order valence-electron chi connectivity index (χ2n) is 2.03. The van der Waals surface area contributed by atoms with Gasteiger partial charge in [0.2, 0.25) is 0 Å². The summed E-state index contributed by atoms with van der Waals surface area (Å²) in [6, 6.07) is 0. The van der Waals surface area contributed by atoms with Gasteiger partial charge in [-0.3, -0.25) is 0 Å². The molecule has 0 radical (unpaired) electrons. The van der Waals surface area contributed by atoms with Crippen molar-refractivity contribution in [3.05, 3.63) is 37.0 Å². The SMILES string of the molecule is C=C/C=C(/C)C=C.CSCCCl. The largest absolute Gasteiger partial charge is 0.164 e. The van der Waals surface area contributed by atoms with Crippen LogP contribution in [0.15, 0.2) is 37.0 Å². The van der Waals surface area contributed by atoms with E-state index in [-0.39, 0.29) is 0 Å². The van der Waals surface area contributed by atoms with E-state index in [1.807, 2.05) is 19.3 Å². The van der Waals surface area contributed by atoms with Gasteiger partial charge in [0.1, 0.15) is 0 Å². The summed E-state index contributed by atoms with van der Waals surface area (Å²) >= 11 is 7.05. The molecule has 0 aliphatic rings. The Bertz CT molecular complexity index is 137. The zero-order valence-electron chi connectivity index (χ0n) is 7.85. The number of thioether (sulfide) groups is 1. The van der Waals surface area contributed by atoms with Crippen molar-refractivity contribution in [1.29, 1.82) is 0 Å². The average molecular weight is 205 g/mol. The molecule has 0 aliphatic heterocycles. The lowest BCUT2D eigenvalue weighted by molar-refractivity contribution is 1.54. The van der Waals surface area contributed by atoms with Gasteiger partial charge in [-0.05, 0) is 13.2 Å². The van der Waals surface area contributed by atoms with Gasteiger partial charge in [-0.25, -0.2) is 0 Å². The van der Waals surface area contributed by atoms with Crippen molar-refractivity contribution in [2.45, 2.75) is 6.92 Å². The van der Waals surface area contributed by atoms with Crippen LogP contribution in [-0.4, -0.2) is 17.9 Å². The van der Waals surface area contributed by atoms with Crippen LogP contribution in [0.5, 0.6) is 0 Å². The fraction of sp³-hybridized carbons (Fsp3) is 0.400. The summed E-state index contributed by atoms with van der Waals surface area (Å²) in [5, 5.41) is 0. The molecule has 0 aromatic carbocycles. The Balaban J connectivity index is 0. The maximum Gasteiger partial charge on any atom is 0.0314 e. The zero-order valence-corrected chi connectivity index (χ0v) is 9.42. The van der Waals surface area contributed by atoms with Gasteiger partial charge in [0.05, 0.1) is 0 Å². The standard InChI is InChI=1S/C7H10.C3H7ClS/c1-4-6-7(3)5-2;1-5-3-2-4/h4-6H,1-2H2,3H3;2-3H2,1H3/b7-6-;. The number of hydrogen-bond donors (Lipinski definition) is 0. The van der Waals surface area contributed by atoms with E-state index < -0.39 is 0 Å². The highest BCUT2D eigenvalue weighted by molar-refractivity contribution is 7.98. The molecule has 0 amide bonds.